The van der Waals surface area contributed by atoms with Crippen LogP contribution in [-0.2, 0) is 19.2 Å². The molecule has 0 spiro atoms. The second-order valence-electron chi connectivity index (χ2n) is 8.22. The van der Waals surface area contributed by atoms with Gasteiger partial charge in [0.05, 0.1) is 6.04 Å². The monoisotopic (exact) mass is 443 g/mol. The molecule has 180 valence electrons. The van der Waals surface area contributed by atoms with Crippen molar-refractivity contribution >= 4 is 23.7 Å². The number of rotatable bonds is 15. The first kappa shape index (κ1) is 28.8. The van der Waals surface area contributed by atoms with Crippen molar-refractivity contribution in [3.8, 4) is 0 Å². The summed E-state index contributed by atoms with van der Waals surface area (Å²) in [6, 6.07) is -3.64. The average molecular weight is 444 g/mol. The first-order valence-electron chi connectivity index (χ1n) is 11.1. The first-order valence-corrected chi connectivity index (χ1v) is 11.1. The van der Waals surface area contributed by atoms with E-state index in [2.05, 4.69) is 16.0 Å². The van der Waals surface area contributed by atoms with Gasteiger partial charge >= 0.3 is 5.97 Å². The second kappa shape index (κ2) is 14.7. The first-order chi connectivity index (χ1) is 14.5. The van der Waals surface area contributed by atoms with Crippen molar-refractivity contribution in [2.75, 3.05) is 6.54 Å². The number of aliphatic carboxylic acids is 1. The molecule has 0 aliphatic carbocycles. The number of carbonyl (C=O) groups excluding carboxylic acids is 3. The molecule has 0 aromatic heterocycles. The predicted octanol–water partition coefficient (Wildman–Crippen LogP) is 0.0938. The van der Waals surface area contributed by atoms with Crippen molar-refractivity contribution in [3.05, 3.63) is 0 Å². The van der Waals surface area contributed by atoms with Crippen LogP contribution in [0.15, 0.2) is 0 Å². The van der Waals surface area contributed by atoms with Crippen LogP contribution in [0.1, 0.15) is 66.7 Å². The Morgan fingerprint density at radius 2 is 1.26 bits per heavy atom. The molecule has 0 heterocycles. The Morgan fingerprint density at radius 3 is 1.65 bits per heavy atom. The minimum absolute atomic E-state index is 0.189. The highest BCUT2D eigenvalue weighted by atomic mass is 16.4. The number of hydrogen-bond acceptors (Lipinski definition) is 6. The van der Waals surface area contributed by atoms with E-state index in [1.54, 1.807) is 6.92 Å². The summed E-state index contributed by atoms with van der Waals surface area (Å²) >= 11 is 0. The molecule has 10 heteroatoms. The van der Waals surface area contributed by atoms with Gasteiger partial charge in [0.15, 0.2) is 0 Å². The minimum Gasteiger partial charge on any atom is -0.480 e. The van der Waals surface area contributed by atoms with Crippen LogP contribution in [0.25, 0.3) is 0 Å². The maximum atomic E-state index is 13.0. The van der Waals surface area contributed by atoms with E-state index in [-0.39, 0.29) is 18.3 Å². The molecule has 0 saturated heterocycles. The Hall–Kier alpha value is -2.20. The predicted molar refractivity (Wildman–Crippen MR) is 119 cm³/mol. The Labute approximate surface area is 185 Å². The number of carboxylic acids is 1. The van der Waals surface area contributed by atoms with Crippen LogP contribution in [0.4, 0.5) is 0 Å². The molecule has 6 unspecified atom stereocenters. The molecule has 0 rings (SSSR count). The summed E-state index contributed by atoms with van der Waals surface area (Å²) < 4.78 is 0. The molecule has 0 aliphatic rings. The van der Waals surface area contributed by atoms with Gasteiger partial charge in [0.2, 0.25) is 17.7 Å². The molecule has 3 amide bonds. The standard InChI is InChI=1S/C21H41N5O5/c1-6-12(3)16(19(28)24-15(21(30)31)10-8-9-11-22)26-20(29)17(13(4)7-2)25-18(27)14(5)23/h12-17H,6-11,22-23H2,1-5H3,(H,24,28)(H,25,27)(H,26,29)(H,30,31). The van der Waals surface area contributed by atoms with Crippen LogP contribution >= 0.6 is 0 Å². The zero-order valence-electron chi connectivity index (χ0n) is 19.4. The van der Waals surface area contributed by atoms with E-state index in [0.717, 1.165) is 0 Å². The van der Waals surface area contributed by atoms with Crippen molar-refractivity contribution in [3.63, 3.8) is 0 Å². The van der Waals surface area contributed by atoms with Gasteiger partial charge in [0, 0.05) is 0 Å². The van der Waals surface area contributed by atoms with Crippen molar-refractivity contribution in [2.45, 2.75) is 90.9 Å². The Balaban J connectivity index is 5.47. The van der Waals surface area contributed by atoms with Crippen molar-refractivity contribution in [1.29, 1.82) is 0 Å². The highest BCUT2D eigenvalue weighted by molar-refractivity contribution is 5.94. The summed E-state index contributed by atoms with van der Waals surface area (Å²) in [6.07, 6.45) is 2.68. The number of nitrogens with two attached hydrogens (primary N) is 2. The molecule has 0 bridgehead atoms. The number of amides is 3. The van der Waals surface area contributed by atoms with Gasteiger partial charge in [-0.3, -0.25) is 14.4 Å². The molecular weight excluding hydrogens is 402 g/mol. The molecule has 0 radical (unpaired) electrons. The Kier molecular flexibility index (Phi) is 13.7. The summed E-state index contributed by atoms with van der Waals surface area (Å²) in [4.78, 5) is 49.5. The highest BCUT2D eigenvalue weighted by Gasteiger charge is 2.33. The van der Waals surface area contributed by atoms with Gasteiger partial charge in [-0.05, 0) is 44.6 Å². The highest BCUT2D eigenvalue weighted by Crippen LogP contribution is 2.13. The topological polar surface area (TPSA) is 177 Å². The second-order valence-corrected chi connectivity index (χ2v) is 8.22. The molecule has 10 nitrogen and oxygen atoms in total. The third kappa shape index (κ3) is 10.1. The zero-order valence-corrected chi connectivity index (χ0v) is 19.4. The molecular formula is C21H41N5O5. The molecule has 0 aromatic rings. The smallest absolute Gasteiger partial charge is 0.326 e. The van der Waals surface area contributed by atoms with Crippen LogP contribution in [0.2, 0.25) is 0 Å². The summed E-state index contributed by atoms with van der Waals surface area (Å²) in [6.45, 7) is 9.34. The normalized spacial score (nSPS) is 16.9. The maximum absolute atomic E-state index is 13.0. The van der Waals surface area contributed by atoms with Gasteiger partial charge in [-0.2, -0.15) is 0 Å². The quantitative estimate of drug-likeness (QED) is 0.194. The number of carbonyl (C=O) groups is 4. The molecule has 0 saturated carbocycles. The van der Waals surface area contributed by atoms with Crippen LogP contribution in [0.3, 0.4) is 0 Å². The number of hydrogen-bond donors (Lipinski definition) is 6. The minimum atomic E-state index is -1.14. The van der Waals surface area contributed by atoms with Crippen LogP contribution in [0, 0.1) is 11.8 Å². The van der Waals surface area contributed by atoms with Crippen molar-refractivity contribution in [2.24, 2.45) is 23.3 Å². The number of nitrogens with one attached hydrogen (secondary N) is 3. The van der Waals surface area contributed by atoms with Gasteiger partial charge in [-0.25, -0.2) is 4.79 Å². The van der Waals surface area contributed by atoms with E-state index in [1.807, 2.05) is 20.8 Å². The average Bonchev–Trinajstić information content (AvgIpc) is 2.73. The maximum Gasteiger partial charge on any atom is 0.326 e. The SMILES string of the molecule is CCC(C)C(NC(=O)C(C)N)C(=O)NC(C(=O)NC(CCCCN)C(=O)O)C(C)CC. The number of carboxylic acid groups (broad SMARTS) is 1. The summed E-state index contributed by atoms with van der Waals surface area (Å²) in [5, 5.41) is 17.3. The Bertz CT molecular complexity index is 599. The molecule has 0 fully saturated rings. The van der Waals surface area contributed by atoms with Crippen molar-refractivity contribution in [1.82, 2.24) is 16.0 Å². The largest absolute Gasteiger partial charge is 0.480 e. The van der Waals surface area contributed by atoms with Crippen LogP contribution in [0.5, 0.6) is 0 Å². The van der Waals surface area contributed by atoms with E-state index in [1.165, 1.54) is 6.92 Å². The fourth-order valence-electron chi connectivity index (χ4n) is 2.94. The third-order valence-electron chi connectivity index (χ3n) is 5.56. The van der Waals surface area contributed by atoms with Gasteiger partial charge in [-0.1, -0.05) is 40.5 Å². The third-order valence-corrected chi connectivity index (χ3v) is 5.56. The summed E-state index contributed by atoms with van der Waals surface area (Å²) in [5.74, 6) is -3.10. The molecule has 0 aliphatic heterocycles. The van der Waals surface area contributed by atoms with Crippen molar-refractivity contribution < 1.29 is 24.3 Å². The zero-order chi connectivity index (χ0) is 24.1. The van der Waals surface area contributed by atoms with Crippen LogP contribution in [-0.4, -0.2) is 59.5 Å². The van der Waals surface area contributed by atoms with E-state index in [0.29, 0.717) is 32.2 Å². The molecule has 31 heavy (non-hydrogen) atoms. The fraction of sp³-hybridized carbons (Fsp3) is 0.810. The molecule has 6 atom stereocenters. The van der Waals surface area contributed by atoms with Gasteiger partial charge < -0.3 is 32.5 Å². The van der Waals surface area contributed by atoms with E-state index < -0.39 is 47.9 Å². The van der Waals surface area contributed by atoms with E-state index >= 15 is 0 Å². The Morgan fingerprint density at radius 1 is 0.806 bits per heavy atom. The lowest BCUT2D eigenvalue weighted by atomic mass is 9.94. The summed E-state index contributed by atoms with van der Waals surface area (Å²) in [5.41, 5.74) is 11.1. The fourth-order valence-corrected chi connectivity index (χ4v) is 2.94. The number of unbranched alkanes of at least 4 members (excludes halogenated alkanes) is 1. The van der Waals surface area contributed by atoms with Crippen LogP contribution < -0.4 is 27.4 Å². The molecule has 8 N–H and O–H groups in total. The van der Waals surface area contributed by atoms with E-state index in [9.17, 15) is 24.3 Å². The van der Waals surface area contributed by atoms with E-state index in [4.69, 9.17) is 11.5 Å². The van der Waals surface area contributed by atoms with Gasteiger partial charge in [0.1, 0.15) is 18.1 Å². The van der Waals surface area contributed by atoms with Gasteiger partial charge in [-0.15, -0.1) is 0 Å². The molecule has 0 aromatic carbocycles. The summed E-state index contributed by atoms with van der Waals surface area (Å²) in [7, 11) is 0. The van der Waals surface area contributed by atoms with Gasteiger partial charge in [0.25, 0.3) is 0 Å². The lowest BCUT2D eigenvalue weighted by Gasteiger charge is -2.29. The lowest BCUT2D eigenvalue weighted by Crippen LogP contribution is -2.59. The lowest BCUT2D eigenvalue weighted by molar-refractivity contribution is -0.143.